The molecule has 2 aromatic rings. The number of hydrogen-bond acceptors (Lipinski definition) is 5. The SMILES string of the molecule is Cc1c(C)c(S(=O)(=O)N2CCCc3ccc(CCCCC(N)=O)nc32)c(C)c2c1OC(C)(C)C2. The number of unbranched alkanes of at least 4 members (excludes halogenated alkanes) is 1. The number of carbonyl (C=O) groups is 1. The molecule has 7 nitrogen and oxygen atoms in total. The number of amides is 1. The second-order valence-corrected chi connectivity index (χ2v) is 12.0. The fraction of sp³-hybridized carbons (Fsp3) is 0.538. The van der Waals surface area contributed by atoms with Crippen LogP contribution < -0.4 is 14.8 Å². The Morgan fingerprint density at radius 2 is 1.88 bits per heavy atom. The highest BCUT2D eigenvalue weighted by Gasteiger charge is 2.39. The average molecular weight is 486 g/mol. The van der Waals surface area contributed by atoms with E-state index in [9.17, 15) is 13.2 Å². The van der Waals surface area contributed by atoms with E-state index in [0.29, 0.717) is 42.9 Å². The molecule has 0 bridgehead atoms. The Balaban J connectivity index is 1.72. The lowest BCUT2D eigenvalue weighted by molar-refractivity contribution is -0.118. The van der Waals surface area contributed by atoms with Gasteiger partial charge in [0, 0.05) is 30.6 Å². The van der Waals surface area contributed by atoms with Crippen LogP contribution in [-0.2, 0) is 34.1 Å². The molecular weight excluding hydrogens is 450 g/mol. The fourth-order valence-corrected chi connectivity index (χ4v) is 7.19. The maximum absolute atomic E-state index is 14.1. The predicted molar refractivity (Wildman–Crippen MR) is 133 cm³/mol. The number of hydrogen-bond donors (Lipinski definition) is 1. The van der Waals surface area contributed by atoms with Crippen LogP contribution in [0.25, 0.3) is 0 Å². The Bertz CT molecular complexity index is 1250. The van der Waals surface area contributed by atoms with Gasteiger partial charge in [0.2, 0.25) is 5.91 Å². The minimum atomic E-state index is -3.82. The Morgan fingerprint density at radius 3 is 2.59 bits per heavy atom. The summed E-state index contributed by atoms with van der Waals surface area (Å²) in [6.45, 7) is 10.2. The largest absolute Gasteiger partial charge is 0.487 e. The Morgan fingerprint density at radius 1 is 1.15 bits per heavy atom. The van der Waals surface area contributed by atoms with E-state index in [4.69, 9.17) is 15.5 Å². The van der Waals surface area contributed by atoms with Gasteiger partial charge in [-0.15, -0.1) is 0 Å². The van der Waals surface area contributed by atoms with Crippen LogP contribution in [0.3, 0.4) is 0 Å². The number of aryl methyl sites for hydroxylation is 2. The summed E-state index contributed by atoms with van der Waals surface area (Å²) in [6.07, 6.45) is 4.74. The number of pyridine rings is 1. The molecule has 184 valence electrons. The number of benzene rings is 1. The molecule has 1 aromatic carbocycles. The molecule has 0 aliphatic carbocycles. The fourth-order valence-electron chi connectivity index (χ4n) is 5.17. The molecule has 0 fully saturated rings. The highest BCUT2D eigenvalue weighted by molar-refractivity contribution is 7.93. The van der Waals surface area contributed by atoms with E-state index in [2.05, 4.69) is 0 Å². The van der Waals surface area contributed by atoms with Crippen molar-refractivity contribution in [3.8, 4) is 5.75 Å². The number of primary amides is 1. The molecule has 8 heteroatoms. The summed E-state index contributed by atoms with van der Waals surface area (Å²) in [6, 6.07) is 3.96. The monoisotopic (exact) mass is 485 g/mol. The van der Waals surface area contributed by atoms with Gasteiger partial charge in [-0.3, -0.25) is 4.79 Å². The number of nitrogens with two attached hydrogens (primary N) is 1. The Labute approximate surface area is 202 Å². The van der Waals surface area contributed by atoms with Crippen LogP contribution in [0.2, 0.25) is 0 Å². The number of carbonyl (C=O) groups excluding carboxylic acids is 1. The van der Waals surface area contributed by atoms with E-state index in [0.717, 1.165) is 58.5 Å². The molecule has 0 radical (unpaired) electrons. The van der Waals surface area contributed by atoms with Gasteiger partial charge in [0.05, 0.1) is 4.90 Å². The molecule has 1 amide bonds. The number of nitrogens with zero attached hydrogens (tertiary/aromatic N) is 2. The number of fused-ring (bicyclic) bond motifs is 2. The van der Waals surface area contributed by atoms with Crippen LogP contribution in [0.1, 0.15) is 73.0 Å². The summed E-state index contributed by atoms with van der Waals surface area (Å²) < 4.78 is 36.0. The van der Waals surface area contributed by atoms with Crippen molar-refractivity contribution in [3.63, 3.8) is 0 Å². The standard InChI is InChI=1S/C26H35N3O4S/c1-16-17(2)24(18(3)21-15-26(4,5)33-23(16)21)34(31,32)29-14-8-9-19-12-13-20(28-25(19)29)10-6-7-11-22(27)30/h12-13H,6-11,14-15H2,1-5H3,(H2,27,30). The molecule has 2 aliphatic heterocycles. The van der Waals surface area contributed by atoms with E-state index in [1.54, 1.807) is 0 Å². The van der Waals surface area contributed by atoms with Crippen molar-refractivity contribution < 1.29 is 17.9 Å². The third-order valence-corrected chi connectivity index (χ3v) is 9.07. The maximum Gasteiger partial charge on any atom is 0.266 e. The summed E-state index contributed by atoms with van der Waals surface area (Å²) in [7, 11) is -3.82. The molecule has 0 saturated heterocycles. The van der Waals surface area contributed by atoms with E-state index in [1.165, 1.54) is 4.31 Å². The summed E-state index contributed by atoms with van der Waals surface area (Å²) in [5.74, 6) is 1.06. The third-order valence-electron chi connectivity index (χ3n) is 7.00. The van der Waals surface area contributed by atoms with Crippen LogP contribution >= 0.6 is 0 Å². The lowest BCUT2D eigenvalue weighted by atomic mass is 9.94. The maximum atomic E-state index is 14.1. The van der Waals surface area contributed by atoms with Gasteiger partial charge in [0.25, 0.3) is 10.0 Å². The van der Waals surface area contributed by atoms with Crippen LogP contribution in [0, 0.1) is 20.8 Å². The lowest BCUT2D eigenvalue weighted by Crippen LogP contribution is -2.37. The highest BCUT2D eigenvalue weighted by atomic mass is 32.2. The van der Waals surface area contributed by atoms with Gasteiger partial charge in [-0.2, -0.15) is 0 Å². The zero-order chi connectivity index (χ0) is 24.8. The molecule has 4 rings (SSSR count). The number of ether oxygens (including phenoxy) is 1. The quantitative estimate of drug-likeness (QED) is 0.596. The molecule has 34 heavy (non-hydrogen) atoms. The molecule has 0 spiro atoms. The van der Waals surface area contributed by atoms with E-state index < -0.39 is 10.0 Å². The van der Waals surface area contributed by atoms with Crippen LogP contribution in [-0.4, -0.2) is 31.5 Å². The first-order valence-electron chi connectivity index (χ1n) is 12.0. The Kier molecular flexibility index (Phi) is 6.40. The zero-order valence-electron chi connectivity index (χ0n) is 20.8. The predicted octanol–water partition coefficient (Wildman–Crippen LogP) is 4.06. The lowest BCUT2D eigenvalue weighted by Gasteiger charge is -2.31. The number of sulfonamides is 1. The molecule has 0 unspecified atom stereocenters. The summed E-state index contributed by atoms with van der Waals surface area (Å²) in [4.78, 5) is 16.2. The second-order valence-electron chi connectivity index (χ2n) is 10.2. The van der Waals surface area contributed by atoms with Crippen LogP contribution in [0.4, 0.5) is 5.82 Å². The van der Waals surface area contributed by atoms with Crippen molar-refractivity contribution in [1.82, 2.24) is 4.98 Å². The minimum Gasteiger partial charge on any atom is -0.487 e. The molecule has 2 aliphatic rings. The second kappa shape index (κ2) is 8.87. The van der Waals surface area contributed by atoms with Crippen LogP contribution in [0.15, 0.2) is 17.0 Å². The normalized spacial score (nSPS) is 16.7. The molecule has 0 atom stereocenters. The first-order valence-corrected chi connectivity index (χ1v) is 13.5. The van der Waals surface area contributed by atoms with Crippen LogP contribution in [0.5, 0.6) is 5.75 Å². The van der Waals surface area contributed by atoms with E-state index in [1.807, 2.05) is 46.8 Å². The molecule has 0 saturated carbocycles. The van der Waals surface area contributed by atoms with Gasteiger partial charge >= 0.3 is 0 Å². The summed E-state index contributed by atoms with van der Waals surface area (Å²) in [5.41, 5.74) is 10.1. The van der Waals surface area contributed by atoms with Crippen molar-refractivity contribution in [2.45, 2.75) is 90.1 Å². The van der Waals surface area contributed by atoms with Gasteiger partial charge in [-0.25, -0.2) is 17.7 Å². The first-order chi connectivity index (χ1) is 15.9. The van der Waals surface area contributed by atoms with Gasteiger partial charge in [0.15, 0.2) is 0 Å². The topological polar surface area (TPSA) is 103 Å². The van der Waals surface area contributed by atoms with Crippen molar-refractivity contribution in [2.24, 2.45) is 5.73 Å². The summed E-state index contributed by atoms with van der Waals surface area (Å²) >= 11 is 0. The molecular formula is C26H35N3O4S. The minimum absolute atomic E-state index is 0.306. The smallest absolute Gasteiger partial charge is 0.266 e. The molecule has 3 heterocycles. The highest BCUT2D eigenvalue weighted by Crippen LogP contribution is 2.45. The van der Waals surface area contributed by atoms with Gasteiger partial charge in [0.1, 0.15) is 17.2 Å². The van der Waals surface area contributed by atoms with E-state index in [-0.39, 0.29) is 11.5 Å². The first kappa shape index (κ1) is 24.5. The average Bonchev–Trinajstić information content (AvgIpc) is 3.10. The number of aromatic nitrogens is 1. The zero-order valence-corrected chi connectivity index (χ0v) is 21.6. The molecule has 2 N–H and O–H groups in total. The van der Waals surface area contributed by atoms with Gasteiger partial charge in [-0.05, 0) is 95.0 Å². The van der Waals surface area contributed by atoms with Crippen molar-refractivity contribution in [3.05, 3.63) is 45.6 Å². The summed E-state index contributed by atoms with van der Waals surface area (Å²) in [5, 5.41) is 0. The van der Waals surface area contributed by atoms with Crippen molar-refractivity contribution >= 4 is 21.7 Å². The van der Waals surface area contributed by atoms with Gasteiger partial charge < -0.3 is 10.5 Å². The van der Waals surface area contributed by atoms with Crippen molar-refractivity contribution in [2.75, 3.05) is 10.8 Å². The number of anilines is 1. The van der Waals surface area contributed by atoms with Crippen molar-refractivity contribution in [1.29, 1.82) is 0 Å². The van der Waals surface area contributed by atoms with E-state index >= 15 is 0 Å². The Hall–Kier alpha value is -2.61. The third kappa shape index (κ3) is 4.40. The molecule has 1 aromatic heterocycles. The van der Waals surface area contributed by atoms with Gasteiger partial charge in [-0.1, -0.05) is 6.07 Å². The number of rotatable bonds is 7.